The molecule has 0 N–H and O–H groups in total. The summed E-state index contributed by atoms with van der Waals surface area (Å²) in [5.41, 5.74) is 0.256. The van der Waals surface area contributed by atoms with Crippen LogP contribution in [0.15, 0.2) is 0 Å². The van der Waals surface area contributed by atoms with Gasteiger partial charge in [-0.2, -0.15) is 0 Å². The molecule has 0 atom stereocenters. The van der Waals surface area contributed by atoms with E-state index in [1.807, 2.05) is 0 Å². The maximum absolute atomic E-state index is 6.11. The van der Waals surface area contributed by atoms with Gasteiger partial charge in [0.1, 0.15) is 0 Å². The molecule has 1 saturated carbocycles. The number of alkyl halides is 1. The smallest absolute Gasteiger partial charge is 0.0771 e. The molecule has 14 heavy (non-hydrogen) atoms. The van der Waals surface area contributed by atoms with Crippen molar-refractivity contribution >= 4 is 22.6 Å². The Kier molecular flexibility index (Phi) is 6.42. The molecule has 1 aliphatic rings. The SMILES string of the molecule is CCCCCOC1(CI)CCCCC1. The van der Waals surface area contributed by atoms with Crippen molar-refractivity contribution in [1.29, 1.82) is 0 Å². The molecule has 1 rings (SSSR count). The second kappa shape index (κ2) is 7.04. The summed E-state index contributed by atoms with van der Waals surface area (Å²) in [6, 6.07) is 0. The molecule has 2 heteroatoms. The highest BCUT2D eigenvalue weighted by Crippen LogP contribution is 2.33. The zero-order valence-electron chi connectivity index (χ0n) is 9.36. The van der Waals surface area contributed by atoms with Gasteiger partial charge in [0.25, 0.3) is 0 Å². The summed E-state index contributed by atoms with van der Waals surface area (Å²) >= 11 is 2.50. The minimum Gasteiger partial charge on any atom is -0.374 e. The van der Waals surface area contributed by atoms with E-state index >= 15 is 0 Å². The third-order valence-electron chi connectivity index (χ3n) is 3.16. The van der Waals surface area contributed by atoms with Crippen LogP contribution < -0.4 is 0 Å². The highest BCUT2D eigenvalue weighted by molar-refractivity contribution is 14.1. The Balaban J connectivity index is 2.22. The average molecular weight is 310 g/mol. The van der Waals surface area contributed by atoms with Crippen LogP contribution >= 0.6 is 22.6 Å². The standard InChI is InChI=1S/C12H23IO/c1-2-3-7-10-14-12(11-13)8-5-4-6-9-12/h2-11H2,1H3. The fourth-order valence-electron chi connectivity index (χ4n) is 2.15. The minimum atomic E-state index is 0.256. The molecule has 0 saturated heterocycles. The van der Waals surface area contributed by atoms with E-state index in [-0.39, 0.29) is 5.60 Å². The lowest BCUT2D eigenvalue weighted by Gasteiger charge is -2.35. The second-order valence-corrected chi connectivity index (χ2v) is 5.20. The number of ether oxygens (including phenoxy) is 1. The van der Waals surface area contributed by atoms with Gasteiger partial charge in [-0.05, 0) is 19.3 Å². The van der Waals surface area contributed by atoms with Gasteiger partial charge < -0.3 is 4.74 Å². The van der Waals surface area contributed by atoms with E-state index in [4.69, 9.17) is 4.74 Å². The lowest BCUT2D eigenvalue weighted by atomic mass is 9.86. The quantitative estimate of drug-likeness (QED) is 0.403. The predicted molar refractivity (Wildman–Crippen MR) is 70.2 cm³/mol. The Bertz CT molecular complexity index is 141. The summed E-state index contributed by atoms with van der Waals surface area (Å²) in [5, 5.41) is 0. The van der Waals surface area contributed by atoms with E-state index in [0.717, 1.165) is 6.61 Å². The van der Waals surface area contributed by atoms with Gasteiger partial charge in [0.2, 0.25) is 0 Å². The van der Waals surface area contributed by atoms with E-state index in [1.165, 1.54) is 55.8 Å². The van der Waals surface area contributed by atoms with Crippen LogP contribution in [0.3, 0.4) is 0 Å². The Morgan fingerprint density at radius 3 is 2.43 bits per heavy atom. The average Bonchev–Trinajstić information content (AvgIpc) is 2.26. The third-order valence-corrected chi connectivity index (χ3v) is 4.55. The molecule has 0 aromatic rings. The Morgan fingerprint density at radius 1 is 1.14 bits per heavy atom. The summed E-state index contributed by atoms with van der Waals surface area (Å²) in [5.74, 6) is 0. The molecule has 0 unspecified atom stereocenters. The first kappa shape index (κ1) is 12.8. The molecule has 84 valence electrons. The van der Waals surface area contributed by atoms with Crippen LogP contribution in [0.2, 0.25) is 0 Å². The van der Waals surface area contributed by atoms with Gasteiger partial charge in [-0.15, -0.1) is 0 Å². The monoisotopic (exact) mass is 310 g/mol. The van der Waals surface area contributed by atoms with Crippen LogP contribution in [-0.2, 0) is 4.74 Å². The van der Waals surface area contributed by atoms with Gasteiger partial charge in [0, 0.05) is 11.0 Å². The molecule has 0 aliphatic heterocycles. The summed E-state index contributed by atoms with van der Waals surface area (Å²) < 4.78 is 7.29. The Morgan fingerprint density at radius 2 is 1.86 bits per heavy atom. The predicted octanol–water partition coefficient (Wildman–Crippen LogP) is 4.33. The first-order chi connectivity index (χ1) is 6.83. The molecule has 0 radical (unpaired) electrons. The maximum atomic E-state index is 6.11. The van der Waals surface area contributed by atoms with Crippen LogP contribution in [-0.4, -0.2) is 16.6 Å². The van der Waals surface area contributed by atoms with Gasteiger partial charge >= 0.3 is 0 Å². The minimum absolute atomic E-state index is 0.256. The zero-order valence-corrected chi connectivity index (χ0v) is 11.5. The number of halogens is 1. The highest BCUT2D eigenvalue weighted by Gasteiger charge is 2.31. The molecule has 0 spiro atoms. The van der Waals surface area contributed by atoms with Crippen molar-refractivity contribution in [3.63, 3.8) is 0 Å². The normalized spacial score (nSPS) is 21.0. The molecule has 1 fully saturated rings. The van der Waals surface area contributed by atoms with Gasteiger partial charge in [0.15, 0.2) is 0 Å². The van der Waals surface area contributed by atoms with E-state index in [1.54, 1.807) is 0 Å². The Hall–Kier alpha value is 0.690. The summed E-state index contributed by atoms with van der Waals surface area (Å²) in [6.45, 7) is 3.23. The van der Waals surface area contributed by atoms with Gasteiger partial charge in [0.05, 0.1) is 5.60 Å². The van der Waals surface area contributed by atoms with Crippen molar-refractivity contribution < 1.29 is 4.74 Å². The van der Waals surface area contributed by atoms with Crippen LogP contribution in [0.1, 0.15) is 58.3 Å². The number of rotatable bonds is 6. The largest absolute Gasteiger partial charge is 0.374 e. The Labute approximate surface area is 102 Å². The third kappa shape index (κ3) is 4.05. The van der Waals surface area contributed by atoms with E-state index in [9.17, 15) is 0 Å². The molecule has 0 aromatic heterocycles. The molecule has 1 aliphatic carbocycles. The van der Waals surface area contributed by atoms with Gasteiger partial charge in [-0.1, -0.05) is 61.6 Å². The summed E-state index contributed by atoms with van der Waals surface area (Å²) in [6.07, 6.45) is 10.6. The fourth-order valence-corrected chi connectivity index (χ4v) is 3.14. The molecule has 0 heterocycles. The second-order valence-electron chi connectivity index (χ2n) is 4.43. The van der Waals surface area contributed by atoms with Crippen molar-refractivity contribution in [3.8, 4) is 0 Å². The van der Waals surface area contributed by atoms with E-state index in [0.29, 0.717) is 0 Å². The summed E-state index contributed by atoms with van der Waals surface area (Å²) in [4.78, 5) is 0. The topological polar surface area (TPSA) is 9.23 Å². The maximum Gasteiger partial charge on any atom is 0.0771 e. The van der Waals surface area contributed by atoms with Crippen molar-refractivity contribution in [2.75, 3.05) is 11.0 Å². The number of hydrogen-bond donors (Lipinski definition) is 0. The number of hydrogen-bond acceptors (Lipinski definition) is 1. The first-order valence-corrected chi connectivity index (χ1v) is 7.55. The van der Waals surface area contributed by atoms with Gasteiger partial charge in [-0.3, -0.25) is 0 Å². The molecule has 0 amide bonds. The van der Waals surface area contributed by atoms with Crippen molar-refractivity contribution in [3.05, 3.63) is 0 Å². The van der Waals surface area contributed by atoms with Gasteiger partial charge in [-0.25, -0.2) is 0 Å². The van der Waals surface area contributed by atoms with E-state index in [2.05, 4.69) is 29.5 Å². The molecule has 0 aromatic carbocycles. The van der Waals surface area contributed by atoms with Crippen LogP contribution in [0.5, 0.6) is 0 Å². The molecule has 0 bridgehead atoms. The van der Waals surface area contributed by atoms with Crippen molar-refractivity contribution in [1.82, 2.24) is 0 Å². The van der Waals surface area contributed by atoms with Crippen LogP contribution in [0.25, 0.3) is 0 Å². The van der Waals surface area contributed by atoms with Crippen LogP contribution in [0.4, 0.5) is 0 Å². The van der Waals surface area contributed by atoms with Crippen molar-refractivity contribution in [2.45, 2.75) is 63.9 Å². The molecular weight excluding hydrogens is 287 g/mol. The molecular formula is C12H23IO. The lowest BCUT2D eigenvalue weighted by molar-refractivity contribution is -0.0514. The van der Waals surface area contributed by atoms with E-state index < -0.39 is 0 Å². The molecule has 1 nitrogen and oxygen atoms in total. The highest BCUT2D eigenvalue weighted by atomic mass is 127. The first-order valence-electron chi connectivity index (χ1n) is 6.03. The van der Waals surface area contributed by atoms with Crippen molar-refractivity contribution in [2.24, 2.45) is 0 Å². The van der Waals surface area contributed by atoms with Crippen LogP contribution in [0, 0.1) is 0 Å². The lowest BCUT2D eigenvalue weighted by Crippen LogP contribution is -2.37. The zero-order chi connectivity index (χ0) is 10.3. The fraction of sp³-hybridized carbons (Fsp3) is 1.00. The number of unbranched alkanes of at least 4 members (excludes halogenated alkanes) is 2. The summed E-state index contributed by atoms with van der Waals surface area (Å²) in [7, 11) is 0.